The summed E-state index contributed by atoms with van der Waals surface area (Å²) in [6, 6.07) is 5.10. The molecule has 0 aliphatic carbocycles. The summed E-state index contributed by atoms with van der Waals surface area (Å²) >= 11 is 0. The average molecular weight is 467 g/mol. The van der Waals surface area contributed by atoms with Crippen molar-refractivity contribution in [3.8, 4) is 0 Å². The number of rotatable bonds is 6. The third-order valence-electron chi connectivity index (χ3n) is 6.09. The van der Waals surface area contributed by atoms with Gasteiger partial charge in [0, 0.05) is 57.7 Å². The van der Waals surface area contributed by atoms with Gasteiger partial charge in [-0.2, -0.15) is 18.3 Å². The van der Waals surface area contributed by atoms with Crippen LogP contribution >= 0.6 is 0 Å². The van der Waals surface area contributed by atoms with Gasteiger partial charge in [0.05, 0.1) is 5.56 Å². The Morgan fingerprint density at radius 1 is 1.15 bits per heavy atom. The smallest absolute Gasteiger partial charge is 0.416 e. The summed E-state index contributed by atoms with van der Waals surface area (Å²) in [4.78, 5) is 16.8. The van der Waals surface area contributed by atoms with Crippen LogP contribution in [0.1, 0.15) is 28.0 Å². The molecular formula is C22H25F4N5O2. The summed E-state index contributed by atoms with van der Waals surface area (Å²) in [6.45, 7) is 7.43. The van der Waals surface area contributed by atoms with E-state index in [1.165, 1.54) is 16.8 Å². The van der Waals surface area contributed by atoms with Crippen molar-refractivity contribution in [1.29, 1.82) is 0 Å². The fraction of sp³-hybridized carbons (Fsp3) is 0.455. The molecule has 2 saturated heterocycles. The molecule has 3 heterocycles. The van der Waals surface area contributed by atoms with Crippen LogP contribution in [0.25, 0.3) is 5.82 Å². The Morgan fingerprint density at radius 2 is 1.88 bits per heavy atom. The minimum atomic E-state index is -4.46. The quantitative estimate of drug-likeness (QED) is 0.658. The average Bonchev–Trinajstić information content (AvgIpc) is 3.43. The maximum atomic E-state index is 13.8. The monoisotopic (exact) mass is 467 g/mol. The number of benzene rings is 1. The first kappa shape index (κ1) is 23.1. The SMILES string of the molecule is C=C(N1CCN(Cc2ccc(C(F)(F)F)cc2N2CCC(F)C2)CC1)n1ccc(C(=O)O)n1. The molecule has 1 N–H and O–H groups in total. The summed E-state index contributed by atoms with van der Waals surface area (Å²) in [5.41, 5.74) is 0.379. The normalized spacial score (nSPS) is 19.8. The number of nitrogens with zero attached hydrogens (tertiary/aromatic N) is 5. The number of carbonyl (C=O) groups is 1. The van der Waals surface area contributed by atoms with Gasteiger partial charge in [-0.15, -0.1) is 0 Å². The zero-order chi connectivity index (χ0) is 23.8. The highest BCUT2D eigenvalue weighted by atomic mass is 19.4. The molecule has 2 aliphatic heterocycles. The third kappa shape index (κ3) is 5.13. The lowest BCUT2D eigenvalue weighted by Crippen LogP contribution is -2.45. The van der Waals surface area contributed by atoms with Crippen LogP contribution in [0.5, 0.6) is 0 Å². The zero-order valence-corrected chi connectivity index (χ0v) is 17.9. The molecule has 11 heteroatoms. The van der Waals surface area contributed by atoms with Crippen LogP contribution in [0.4, 0.5) is 23.2 Å². The lowest BCUT2D eigenvalue weighted by Gasteiger charge is -2.37. The van der Waals surface area contributed by atoms with Crippen molar-refractivity contribution in [2.24, 2.45) is 0 Å². The summed E-state index contributed by atoms with van der Waals surface area (Å²) in [5, 5.41) is 13.0. The van der Waals surface area contributed by atoms with Crippen molar-refractivity contribution in [3.05, 3.63) is 53.9 Å². The highest BCUT2D eigenvalue weighted by Gasteiger charge is 2.33. The molecule has 7 nitrogen and oxygen atoms in total. The number of carboxylic acids is 1. The minimum absolute atomic E-state index is 0.0675. The summed E-state index contributed by atoms with van der Waals surface area (Å²) in [6.07, 6.45) is -3.64. The second kappa shape index (κ2) is 9.05. The lowest BCUT2D eigenvalue weighted by atomic mass is 10.1. The van der Waals surface area contributed by atoms with E-state index < -0.39 is 23.9 Å². The van der Waals surface area contributed by atoms with Gasteiger partial charge in [0.1, 0.15) is 12.0 Å². The van der Waals surface area contributed by atoms with Crippen LogP contribution < -0.4 is 4.90 Å². The van der Waals surface area contributed by atoms with Gasteiger partial charge in [-0.25, -0.2) is 13.9 Å². The second-order valence-corrected chi connectivity index (χ2v) is 8.30. The molecule has 1 unspecified atom stereocenters. The molecular weight excluding hydrogens is 442 g/mol. The molecule has 0 bridgehead atoms. The van der Waals surface area contributed by atoms with Crippen molar-refractivity contribution in [3.63, 3.8) is 0 Å². The van der Waals surface area contributed by atoms with E-state index >= 15 is 0 Å². The van der Waals surface area contributed by atoms with Gasteiger partial charge >= 0.3 is 12.1 Å². The number of halogens is 4. The molecule has 0 radical (unpaired) electrons. The van der Waals surface area contributed by atoms with E-state index in [1.54, 1.807) is 11.1 Å². The van der Waals surface area contributed by atoms with Gasteiger partial charge in [0.2, 0.25) is 0 Å². The maximum absolute atomic E-state index is 13.8. The van der Waals surface area contributed by atoms with E-state index in [9.17, 15) is 22.4 Å². The van der Waals surface area contributed by atoms with Gasteiger partial charge in [0.25, 0.3) is 0 Å². The highest BCUT2D eigenvalue weighted by Crippen LogP contribution is 2.35. The van der Waals surface area contributed by atoms with Crippen molar-refractivity contribution in [1.82, 2.24) is 19.6 Å². The van der Waals surface area contributed by atoms with Crippen molar-refractivity contribution >= 4 is 17.5 Å². The fourth-order valence-corrected chi connectivity index (χ4v) is 4.24. The fourth-order valence-electron chi connectivity index (χ4n) is 4.24. The van der Waals surface area contributed by atoms with E-state index in [1.807, 2.05) is 4.90 Å². The molecule has 0 spiro atoms. The minimum Gasteiger partial charge on any atom is -0.476 e. The number of aromatic nitrogens is 2. The van der Waals surface area contributed by atoms with Crippen LogP contribution in [0.3, 0.4) is 0 Å². The number of anilines is 1. The summed E-state index contributed by atoms with van der Waals surface area (Å²) in [5.74, 6) is -0.556. The van der Waals surface area contributed by atoms with Gasteiger partial charge in [0.15, 0.2) is 5.69 Å². The second-order valence-electron chi connectivity index (χ2n) is 8.30. The predicted octanol–water partition coefficient (Wildman–Crippen LogP) is 3.39. The topological polar surface area (TPSA) is 64.8 Å². The van der Waals surface area contributed by atoms with E-state index in [-0.39, 0.29) is 12.2 Å². The van der Waals surface area contributed by atoms with Gasteiger partial charge in [-0.3, -0.25) is 4.90 Å². The largest absolute Gasteiger partial charge is 0.476 e. The Morgan fingerprint density at radius 3 is 2.45 bits per heavy atom. The van der Waals surface area contributed by atoms with Crippen LogP contribution in [0.15, 0.2) is 37.0 Å². The molecule has 2 fully saturated rings. The van der Waals surface area contributed by atoms with E-state index in [0.717, 1.165) is 17.7 Å². The van der Waals surface area contributed by atoms with Crippen LogP contribution in [0.2, 0.25) is 0 Å². The molecule has 4 rings (SSSR count). The van der Waals surface area contributed by atoms with Gasteiger partial charge in [-0.05, 0) is 30.2 Å². The Labute approximate surface area is 188 Å². The molecule has 33 heavy (non-hydrogen) atoms. The number of carboxylic acid groups (broad SMARTS) is 1. The standard InChI is InChI=1S/C22H25F4N5O2/c1-15(31-7-5-19(27-31)21(32)33)29-10-8-28(9-11-29)13-16-2-3-17(22(24,25)26)12-20(16)30-6-4-18(23)14-30/h2-3,5,7,12,18H,1,4,6,8-11,13-14H2,(H,32,33). The van der Waals surface area contributed by atoms with Crippen LogP contribution in [-0.2, 0) is 12.7 Å². The first-order valence-electron chi connectivity index (χ1n) is 10.7. The van der Waals surface area contributed by atoms with Crippen LogP contribution in [0, 0.1) is 0 Å². The predicted molar refractivity (Wildman–Crippen MR) is 115 cm³/mol. The van der Waals surface area contributed by atoms with Crippen molar-refractivity contribution < 1.29 is 27.5 Å². The Hall–Kier alpha value is -3.08. The molecule has 1 aromatic carbocycles. The molecule has 2 aromatic rings. The molecule has 1 atom stereocenters. The molecule has 0 saturated carbocycles. The molecule has 178 valence electrons. The van der Waals surface area contributed by atoms with Gasteiger partial charge in [-0.1, -0.05) is 12.6 Å². The number of aromatic carboxylic acids is 1. The number of hydrogen-bond acceptors (Lipinski definition) is 5. The van der Waals surface area contributed by atoms with Gasteiger partial charge < -0.3 is 14.9 Å². The summed E-state index contributed by atoms with van der Waals surface area (Å²) in [7, 11) is 0. The number of piperazine rings is 1. The molecule has 2 aliphatic rings. The van der Waals surface area contributed by atoms with E-state index in [2.05, 4.69) is 16.6 Å². The maximum Gasteiger partial charge on any atom is 0.416 e. The van der Waals surface area contributed by atoms with E-state index in [0.29, 0.717) is 57.2 Å². The Kier molecular flexibility index (Phi) is 6.33. The Bertz CT molecular complexity index is 1030. The van der Waals surface area contributed by atoms with E-state index in [4.69, 9.17) is 5.11 Å². The molecule has 1 aromatic heterocycles. The summed E-state index contributed by atoms with van der Waals surface area (Å²) < 4.78 is 55.0. The Balaban J connectivity index is 1.43. The third-order valence-corrected chi connectivity index (χ3v) is 6.09. The van der Waals surface area contributed by atoms with Crippen LogP contribution in [-0.4, -0.2) is 76.1 Å². The number of alkyl halides is 4. The van der Waals surface area contributed by atoms with Crippen molar-refractivity contribution in [2.45, 2.75) is 25.3 Å². The van der Waals surface area contributed by atoms with Crippen molar-refractivity contribution in [2.75, 3.05) is 44.2 Å². The lowest BCUT2D eigenvalue weighted by molar-refractivity contribution is -0.137. The first-order valence-corrected chi connectivity index (χ1v) is 10.7. The number of hydrogen-bond donors (Lipinski definition) is 1. The highest BCUT2D eigenvalue weighted by molar-refractivity contribution is 5.85. The first-order chi connectivity index (χ1) is 15.6. The zero-order valence-electron chi connectivity index (χ0n) is 17.9. The molecule has 0 amide bonds.